The first-order chi connectivity index (χ1) is 11.0. The Labute approximate surface area is 141 Å². The van der Waals surface area contributed by atoms with E-state index in [0.29, 0.717) is 6.42 Å². The summed E-state index contributed by atoms with van der Waals surface area (Å²) >= 11 is 1.65. The summed E-state index contributed by atoms with van der Waals surface area (Å²) in [6, 6.07) is 8.36. The molecule has 0 spiro atoms. The topological polar surface area (TPSA) is 36.4 Å². The third kappa shape index (κ3) is 3.79. The first kappa shape index (κ1) is 16.1. The molecule has 1 saturated heterocycles. The zero-order valence-corrected chi connectivity index (χ0v) is 14.8. The van der Waals surface area contributed by atoms with Gasteiger partial charge >= 0.3 is 0 Å². The van der Waals surface area contributed by atoms with Crippen LogP contribution in [0.3, 0.4) is 0 Å². The van der Waals surface area contributed by atoms with Crippen LogP contribution in [0, 0.1) is 13.8 Å². The molecule has 1 aliphatic rings. The summed E-state index contributed by atoms with van der Waals surface area (Å²) in [4.78, 5) is 22.5. The molecule has 0 saturated carbocycles. The van der Waals surface area contributed by atoms with Gasteiger partial charge in [0.2, 0.25) is 5.91 Å². The molecule has 122 valence electrons. The van der Waals surface area contributed by atoms with Crippen molar-refractivity contribution < 1.29 is 4.79 Å². The number of likely N-dealkylation sites (N-methyl/N-ethyl adjacent to an activating group) is 1. The maximum absolute atomic E-state index is 12.5. The second kappa shape index (κ2) is 6.81. The van der Waals surface area contributed by atoms with Crippen molar-refractivity contribution in [2.24, 2.45) is 0 Å². The molecule has 1 fully saturated rings. The van der Waals surface area contributed by atoms with Crippen LogP contribution < -0.4 is 0 Å². The van der Waals surface area contributed by atoms with Gasteiger partial charge in [-0.1, -0.05) is 23.8 Å². The van der Waals surface area contributed by atoms with Gasteiger partial charge in [-0.3, -0.25) is 4.79 Å². The number of benzene rings is 1. The van der Waals surface area contributed by atoms with Crippen LogP contribution in [0.15, 0.2) is 24.3 Å². The highest BCUT2D eigenvalue weighted by Crippen LogP contribution is 2.29. The van der Waals surface area contributed by atoms with E-state index in [0.717, 1.165) is 47.3 Å². The first-order valence-corrected chi connectivity index (χ1v) is 8.84. The first-order valence-electron chi connectivity index (χ1n) is 8.02. The number of thiazole rings is 1. The second-order valence-corrected chi connectivity index (χ2v) is 7.34. The summed E-state index contributed by atoms with van der Waals surface area (Å²) in [5.74, 6) is 0.223. The largest absolute Gasteiger partial charge is 0.340 e. The van der Waals surface area contributed by atoms with Gasteiger partial charge in [-0.15, -0.1) is 11.3 Å². The molecule has 1 aromatic carbocycles. The van der Waals surface area contributed by atoms with Crippen molar-refractivity contribution in [3.63, 3.8) is 0 Å². The molecular formula is C18H23N3OS. The van der Waals surface area contributed by atoms with E-state index in [1.807, 2.05) is 11.8 Å². The molecular weight excluding hydrogens is 306 g/mol. The normalized spacial score (nSPS) is 15.9. The van der Waals surface area contributed by atoms with Crippen LogP contribution in [0.1, 0.15) is 16.1 Å². The van der Waals surface area contributed by atoms with Crippen molar-refractivity contribution in [2.45, 2.75) is 20.3 Å². The van der Waals surface area contributed by atoms with Crippen LogP contribution in [0.5, 0.6) is 0 Å². The standard InChI is InChI=1S/C18H23N3OS/c1-13-5-4-6-15(11-13)18-19-14(2)16(23-18)12-17(22)21-9-7-20(3)8-10-21/h4-6,11H,7-10,12H2,1-3H3. The Morgan fingerprint density at radius 3 is 2.65 bits per heavy atom. The van der Waals surface area contributed by atoms with E-state index in [-0.39, 0.29) is 5.91 Å². The summed E-state index contributed by atoms with van der Waals surface area (Å²) in [6.45, 7) is 7.67. The summed E-state index contributed by atoms with van der Waals surface area (Å²) in [6.07, 6.45) is 0.471. The van der Waals surface area contributed by atoms with Crippen LogP contribution in [0.4, 0.5) is 0 Å². The van der Waals surface area contributed by atoms with Gasteiger partial charge in [0.1, 0.15) is 5.01 Å². The monoisotopic (exact) mass is 329 g/mol. The van der Waals surface area contributed by atoms with E-state index in [9.17, 15) is 4.79 Å². The number of aromatic nitrogens is 1. The van der Waals surface area contributed by atoms with Crippen molar-refractivity contribution in [2.75, 3.05) is 33.2 Å². The second-order valence-electron chi connectivity index (χ2n) is 6.26. The molecule has 0 bridgehead atoms. The lowest BCUT2D eigenvalue weighted by Crippen LogP contribution is -2.47. The van der Waals surface area contributed by atoms with Gasteiger partial charge in [0.05, 0.1) is 12.1 Å². The molecule has 0 N–H and O–H groups in total. The van der Waals surface area contributed by atoms with Crippen LogP contribution in [0.25, 0.3) is 10.6 Å². The number of piperazine rings is 1. The lowest BCUT2D eigenvalue weighted by molar-refractivity contribution is -0.131. The van der Waals surface area contributed by atoms with Crippen molar-refractivity contribution in [1.82, 2.24) is 14.8 Å². The molecule has 4 nitrogen and oxygen atoms in total. The number of amides is 1. The molecule has 0 radical (unpaired) electrons. The number of hydrogen-bond acceptors (Lipinski definition) is 4. The van der Waals surface area contributed by atoms with E-state index in [4.69, 9.17) is 0 Å². The van der Waals surface area contributed by atoms with Gasteiger partial charge < -0.3 is 9.80 Å². The summed E-state index contributed by atoms with van der Waals surface area (Å²) in [7, 11) is 2.10. The van der Waals surface area contributed by atoms with E-state index in [2.05, 4.69) is 48.1 Å². The van der Waals surface area contributed by atoms with Crippen molar-refractivity contribution >= 4 is 17.2 Å². The SMILES string of the molecule is Cc1cccc(-c2nc(C)c(CC(=O)N3CCN(C)CC3)s2)c1. The Hall–Kier alpha value is -1.72. The number of hydrogen-bond donors (Lipinski definition) is 0. The van der Waals surface area contributed by atoms with Gasteiger partial charge in [-0.05, 0) is 27.0 Å². The lowest BCUT2D eigenvalue weighted by atomic mass is 10.1. The molecule has 2 aromatic rings. The number of nitrogens with zero attached hydrogens (tertiary/aromatic N) is 3. The highest BCUT2D eigenvalue weighted by Gasteiger charge is 2.21. The number of aryl methyl sites for hydroxylation is 2. The van der Waals surface area contributed by atoms with Gasteiger partial charge in [-0.2, -0.15) is 0 Å². The molecule has 3 rings (SSSR count). The van der Waals surface area contributed by atoms with Crippen molar-refractivity contribution in [1.29, 1.82) is 0 Å². The van der Waals surface area contributed by atoms with Crippen LogP contribution in [-0.2, 0) is 11.2 Å². The zero-order valence-electron chi connectivity index (χ0n) is 14.0. The Balaban J connectivity index is 1.72. The van der Waals surface area contributed by atoms with E-state index in [1.165, 1.54) is 5.56 Å². The number of carbonyl (C=O) groups excluding carboxylic acids is 1. The highest BCUT2D eigenvalue weighted by atomic mass is 32.1. The fourth-order valence-corrected chi connectivity index (χ4v) is 3.85. The lowest BCUT2D eigenvalue weighted by Gasteiger charge is -2.32. The van der Waals surface area contributed by atoms with Crippen LogP contribution >= 0.6 is 11.3 Å². The van der Waals surface area contributed by atoms with Crippen molar-refractivity contribution in [3.05, 3.63) is 40.4 Å². The molecule has 0 aliphatic carbocycles. The molecule has 1 aromatic heterocycles. The van der Waals surface area contributed by atoms with E-state index >= 15 is 0 Å². The average Bonchev–Trinajstić information content (AvgIpc) is 2.89. The van der Waals surface area contributed by atoms with Gasteiger partial charge in [-0.25, -0.2) is 4.98 Å². The number of carbonyl (C=O) groups is 1. The van der Waals surface area contributed by atoms with Gasteiger partial charge in [0, 0.05) is 36.6 Å². The van der Waals surface area contributed by atoms with E-state index in [1.54, 1.807) is 11.3 Å². The minimum absolute atomic E-state index is 0.223. The Bertz CT molecular complexity index is 702. The zero-order chi connectivity index (χ0) is 16.4. The molecule has 0 unspecified atom stereocenters. The molecule has 2 heterocycles. The fraction of sp³-hybridized carbons (Fsp3) is 0.444. The highest BCUT2D eigenvalue weighted by molar-refractivity contribution is 7.15. The number of rotatable bonds is 3. The molecule has 23 heavy (non-hydrogen) atoms. The van der Waals surface area contributed by atoms with Gasteiger partial charge in [0.15, 0.2) is 0 Å². The van der Waals surface area contributed by atoms with E-state index < -0.39 is 0 Å². The predicted molar refractivity (Wildman–Crippen MR) is 94.8 cm³/mol. The molecule has 1 aliphatic heterocycles. The molecule has 5 heteroatoms. The molecule has 0 atom stereocenters. The summed E-state index contributed by atoms with van der Waals surface area (Å²) in [5.41, 5.74) is 3.34. The third-order valence-electron chi connectivity index (χ3n) is 4.33. The van der Waals surface area contributed by atoms with Crippen LogP contribution in [-0.4, -0.2) is 53.9 Å². The minimum atomic E-state index is 0.223. The fourth-order valence-electron chi connectivity index (χ4n) is 2.80. The third-order valence-corrected chi connectivity index (χ3v) is 5.53. The Morgan fingerprint density at radius 1 is 1.22 bits per heavy atom. The Morgan fingerprint density at radius 2 is 1.96 bits per heavy atom. The molecule has 1 amide bonds. The smallest absolute Gasteiger partial charge is 0.227 e. The van der Waals surface area contributed by atoms with Gasteiger partial charge in [0.25, 0.3) is 0 Å². The predicted octanol–water partition coefficient (Wildman–Crippen LogP) is 2.74. The average molecular weight is 329 g/mol. The maximum atomic E-state index is 12.5. The summed E-state index contributed by atoms with van der Waals surface area (Å²) < 4.78 is 0. The minimum Gasteiger partial charge on any atom is -0.340 e. The maximum Gasteiger partial charge on any atom is 0.227 e. The van der Waals surface area contributed by atoms with Crippen molar-refractivity contribution in [3.8, 4) is 10.6 Å². The summed E-state index contributed by atoms with van der Waals surface area (Å²) in [5, 5.41) is 1.01. The quantitative estimate of drug-likeness (QED) is 0.869. The van der Waals surface area contributed by atoms with Crippen LogP contribution in [0.2, 0.25) is 0 Å². The Kier molecular flexibility index (Phi) is 4.78.